The van der Waals surface area contributed by atoms with Crippen LogP contribution in [0.1, 0.15) is 18.1 Å². The molecule has 2 N–H and O–H groups in total. The first-order chi connectivity index (χ1) is 14.5. The first kappa shape index (κ1) is 22.4. The molecule has 1 aliphatic heterocycles. The van der Waals surface area contributed by atoms with Gasteiger partial charge in [0.1, 0.15) is 12.1 Å². The number of carbonyl (C=O) groups excluding carboxylic acids is 3. The van der Waals surface area contributed by atoms with Crippen molar-refractivity contribution in [1.29, 1.82) is 0 Å². The largest absolute Gasteiger partial charge is 0.325 e. The molecule has 2 aromatic carbocycles. The number of urea groups is 1. The summed E-state index contributed by atoms with van der Waals surface area (Å²) in [7, 11) is -0.859. The Bertz CT molecular complexity index is 1160. The summed E-state index contributed by atoms with van der Waals surface area (Å²) >= 11 is 0. The van der Waals surface area contributed by atoms with Crippen LogP contribution < -0.4 is 10.6 Å². The van der Waals surface area contributed by atoms with Crippen LogP contribution >= 0.6 is 0 Å². The molecule has 0 saturated carbocycles. The fraction of sp³-hybridized carbons (Fsp3) is 0.286. The van der Waals surface area contributed by atoms with Gasteiger partial charge in [-0.15, -0.1) is 0 Å². The lowest BCUT2D eigenvalue weighted by atomic mass is 9.88. The van der Waals surface area contributed by atoms with E-state index in [9.17, 15) is 22.8 Å². The van der Waals surface area contributed by atoms with E-state index < -0.39 is 40.0 Å². The number of nitrogens with zero attached hydrogens (tertiary/aromatic N) is 2. The molecule has 4 amide bonds. The van der Waals surface area contributed by atoms with Gasteiger partial charge >= 0.3 is 6.03 Å². The van der Waals surface area contributed by atoms with Gasteiger partial charge in [0, 0.05) is 19.8 Å². The van der Waals surface area contributed by atoms with Crippen LogP contribution in [0.15, 0.2) is 53.4 Å². The quantitative estimate of drug-likeness (QED) is 0.658. The Kier molecular flexibility index (Phi) is 5.88. The average molecular weight is 445 g/mol. The molecule has 10 heteroatoms. The van der Waals surface area contributed by atoms with Crippen LogP contribution in [0.3, 0.4) is 0 Å². The lowest BCUT2D eigenvalue weighted by molar-refractivity contribution is -0.133. The molecular weight excluding hydrogens is 420 g/mol. The second-order valence-electron chi connectivity index (χ2n) is 7.62. The van der Waals surface area contributed by atoms with Gasteiger partial charge in [-0.05, 0) is 43.2 Å². The highest BCUT2D eigenvalue weighted by Crippen LogP contribution is 2.30. The van der Waals surface area contributed by atoms with E-state index in [2.05, 4.69) is 10.6 Å². The number of rotatable bonds is 6. The maximum absolute atomic E-state index is 13.0. The van der Waals surface area contributed by atoms with Crippen LogP contribution in [-0.4, -0.2) is 56.1 Å². The van der Waals surface area contributed by atoms with Crippen LogP contribution in [0.25, 0.3) is 0 Å². The molecule has 1 aliphatic rings. The number of hydrogen-bond acceptors (Lipinski definition) is 5. The van der Waals surface area contributed by atoms with Gasteiger partial charge in [0.05, 0.1) is 4.90 Å². The first-order valence-electron chi connectivity index (χ1n) is 9.49. The molecule has 2 aromatic rings. The van der Waals surface area contributed by atoms with E-state index in [-0.39, 0.29) is 10.6 Å². The lowest BCUT2D eigenvalue weighted by Crippen LogP contribution is -2.42. The summed E-state index contributed by atoms with van der Waals surface area (Å²) in [5, 5.41) is 5.21. The fourth-order valence-electron chi connectivity index (χ4n) is 3.45. The Balaban J connectivity index is 1.77. The lowest BCUT2D eigenvalue weighted by Gasteiger charge is -2.24. The number of hydrogen-bond donors (Lipinski definition) is 2. The van der Waals surface area contributed by atoms with Crippen molar-refractivity contribution in [3.8, 4) is 0 Å². The first-order valence-corrected chi connectivity index (χ1v) is 10.9. The smallest absolute Gasteiger partial charge is 0.324 e. The van der Waals surface area contributed by atoms with E-state index in [1.165, 1.54) is 38.4 Å². The average Bonchev–Trinajstić information content (AvgIpc) is 2.92. The predicted octanol–water partition coefficient (Wildman–Crippen LogP) is 1.65. The maximum Gasteiger partial charge on any atom is 0.325 e. The molecule has 31 heavy (non-hydrogen) atoms. The number of anilines is 1. The molecule has 1 heterocycles. The summed E-state index contributed by atoms with van der Waals surface area (Å²) in [6.45, 7) is 2.93. The Morgan fingerprint density at radius 1 is 1.13 bits per heavy atom. The van der Waals surface area contributed by atoms with Gasteiger partial charge in [0.25, 0.3) is 5.91 Å². The van der Waals surface area contributed by atoms with Crippen LogP contribution in [0.2, 0.25) is 0 Å². The Morgan fingerprint density at radius 2 is 1.81 bits per heavy atom. The number of benzene rings is 2. The highest BCUT2D eigenvalue weighted by atomic mass is 32.2. The Morgan fingerprint density at radius 3 is 2.45 bits per heavy atom. The van der Waals surface area contributed by atoms with Crippen molar-refractivity contribution in [2.24, 2.45) is 0 Å². The number of aryl methyl sites for hydroxylation is 1. The molecule has 0 aliphatic carbocycles. The minimum absolute atomic E-state index is 0.0115. The van der Waals surface area contributed by atoms with Crippen molar-refractivity contribution in [2.75, 3.05) is 26.0 Å². The van der Waals surface area contributed by atoms with Crippen molar-refractivity contribution in [2.45, 2.75) is 24.3 Å². The molecule has 1 saturated heterocycles. The third-order valence-corrected chi connectivity index (χ3v) is 6.97. The maximum atomic E-state index is 13.0. The fourth-order valence-corrected chi connectivity index (χ4v) is 4.39. The number of sulfonamides is 1. The van der Waals surface area contributed by atoms with E-state index in [1.54, 1.807) is 19.1 Å². The van der Waals surface area contributed by atoms with E-state index in [4.69, 9.17) is 0 Å². The topological polar surface area (TPSA) is 116 Å². The third-order valence-electron chi connectivity index (χ3n) is 5.16. The van der Waals surface area contributed by atoms with Crippen LogP contribution in [-0.2, 0) is 25.2 Å². The molecule has 3 rings (SSSR count). The summed E-state index contributed by atoms with van der Waals surface area (Å²) in [4.78, 5) is 38.9. The van der Waals surface area contributed by atoms with E-state index >= 15 is 0 Å². The minimum Gasteiger partial charge on any atom is -0.324 e. The van der Waals surface area contributed by atoms with Gasteiger partial charge < -0.3 is 10.6 Å². The van der Waals surface area contributed by atoms with Gasteiger partial charge in [-0.1, -0.05) is 30.3 Å². The van der Waals surface area contributed by atoms with Gasteiger partial charge in [-0.3, -0.25) is 14.5 Å². The summed E-state index contributed by atoms with van der Waals surface area (Å²) in [5.74, 6) is -1.16. The van der Waals surface area contributed by atoms with Crippen molar-refractivity contribution >= 4 is 33.6 Å². The zero-order valence-electron chi connectivity index (χ0n) is 17.7. The molecule has 1 fully saturated rings. The van der Waals surface area contributed by atoms with Gasteiger partial charge in [-0.25, -0.2) is 17.5 Å². The van der Waals surface area contributed by atoms with Crippen molar-refractivity contribution in [1.82, 2.24) is 14.5 Å². The molecular formula is C21H24N4O5S. The zero-order valence-corrected chi connectivity index (χ0v) is 18.5. The summed E-state index contributed by atoms with van der Waals surface area (Å²) in [6, 6.07) is 12.3. The molecule has 9 nitrogen and oxygen atoms in total. The molecule has 1 atom stereocenters. The molecule has 0 aromatic heterocycles. The zero-order chi connectivity index (χ0) is 23.0. The third kappa shape index (κ3) is 4.17. The van der Waals surface area contributed by atoms with Gasteiger partial charge in [-0.2, -0.15) is 0 Å². The molecule has 0 bridgehead atoms. The predicted molar refractivity (Wildman–Crippen MR) is 115 cm³/mol. The number of nitrogens with one attached hydrogen (secondary N) is 2. The van der Waals surface area contributed by atoms with Crippen molar-refractivity contribution < 1.29 is 22.8 Å². The molecule has 0 radical (unpaired) electrons. The standard InChI is InChI=1S/C21H24N4O5S/c1-14-8-5-6-11-17(14)21(2)19(27)25(20(28)23-21)13-18(26)22-15-9-7-10-16(12-15)31(29,30)24(3)4/h5-12H,13H2,1-4H3,(H,22,26)(H,23,28). The molecule has 1 unspecified atom stereocenters. The summed E-state index contributed by atoms with van der Waals surface area (Å²) < 4.78 is 25.6. The molecule has 0 spiro atoms. The van der Waals surface area contributed by atoms with E-state index in [0.29, 0.717) is 5.56 Å². The second-order valence-corrected chi connectivity index (χ2v) is 9.78. The summed E-state index contributed by atoms with van der Waals surface area (Å²) in [5.41, 5.74) is 0.450. The number of imide groups is 1. The SMILES string of the molecule is Cc1ccccc1C1(C)NC(=O)N(CC(=O)Nc2cccc(S(=O)(=O)N(C)C)c2)C1=O. The second kappa shape index (κ2) is 8.12. The van der Waals surface area contributed by atoms with E-state index in [1.807, 2.05) is 19.1 Å². The molecule has 164 valence electrons. The van der Waals surface area contributed by atoms with Crippen LogP contribution in [0.4, 0.5) is 10.5 Å². The highest BCUT2D eigenvalue weighted by Gasteiger charge is 2.50. The monoisotopic (exact) mass is 444 g/mol. The summed E-state index contributed by atoms with van der Waals surface area (Å²) in [6.07, 6.45) is 0. The van der Waals surface area contributed by atoms with E-state index in [0.717, 1.165) is 14.8 Å². The van der Waals surface area contributed by atoms with Crippen molar-refractivity contribution in [3.05, 3.63) is 59.7 Å². The van der Waals surface area contributed by atoms with Crippen LogP contribution in [0, 0.1) is 6.92 Å². The Hall–Kier alpha value is -3.24. The Labute approximate surface area is 181 Å². The van der Waals surface area contributed by atoms with Gasteiger partial charge in [0.2, 0.25) is 15.9 Å². The van der Waals surface area contributed by atoms with Crippen molar-refractivity contribution in [3.63, 3.8) is 0 Å². The van der Waals surface area contributed by atoms with Crippen LogP contribution in [0.5, 0.6) is 0 Å². The number of carbonyl (C=O) groups is 3. The highest BCUT2D eigenvalue weighted by molar-refractivity contribution is 7.89. The number of amides is 4. The van der Waals surface area contributed by atoms with Gasteiger partial charge in [0.15, 0.2) is 0 Å². The minimum atomic E-state index is -3.67. The normalized spacial score (nSPS) is 18.9.